The second-order valence-electron chi connectivity index (χ2n) is 3.11. The predicted molar refractivity (Wildman–Crippen MR) is 62.5 cm³/mol. The van der Waals surface area contributed by atoms with Crippen LogP contribution < -0.4 is 0 Å². The SMILES string of the molecule is Cn1nnc(Sc2nc3ccccc3s2)n1. The fourth-order valence-corrected chi connectivity index (χ4v) is 3.17. The molecule has 0 unspecified atom stereocenters. The normalized spacial score (nSPS) is 11.1. The summed E-state index contributed by atoms with van der Waals surface area (Å²) in [6, 6.07) is 8.05. The van der Waals surface area contributed by atoms with Crippen molar-refractivity contribution in [1.82, 2.24) is 25.2 Å². The van der Waals surface area contributed by atoms with Crippen molar-refractivity contribution < 1.29 is 0 Å². The highest BCUT2D eigenvalue weighted by atomic mass is 32.2. The largest absolute Gasteiger partial charge is 0.238 e. The van der Waals surface area contributed by atoms with Crippen LogP contribution in [0, 0.1) is 0 Å². The molecule has 7 heteroatoms. The van der Waals surface area contributed by atoms with Gasteiger partial charge in [-0.25, -0.2) is 4.98 Å². The Bertz CT molecular complexity index is 596. The summed E-state index contributed by atoms with van der Waals surface area (Å²) in [5.74, 6) is 0. The maximum Gasteiger partial charge on any atom is 0.238 e. The second kappa shape index (κ2) is 3.84. The number of fused-ring (bicyclic) bond motifs is 1. The maximum atomic E-state index is 4.48. The fraction of sp³-hybridized carbons (Fsp3) is 0.111. The Hall–Kier alpha value is -1.47. The van der Waals surface area contributed by atoms with Gasteiger partial charge in [-0.05, 0) is 29.1 Å². The lowest BCUT2D eigenvalue weighted by Crippen LogP contribution is -1.91. The third kappa shape index (κ3) is 1.79. The van der Waals surface area contributed by atoms with Crippen molar-refractivity contribution in [1.29, 1.82) is 0 Å². The summed E-state index contributed by atoms with van der Waals surface area (Å²) in [6.07, 6.45) is 0. The highest BCUT2D eigenvalue weighted by Crippen LogP contribution is 2.31. The molecule has 3 rings (SSSR count). The summed E-state index contributed by atoms with van der Waals surface area (Å²) in [5, 5.41) is 12.4. The van der Waals surface area contributed by atoms with Crippen LogP contribution in [-0.2, 0) is 7.05 Å². The molecule has 3 aromatic rings. The number of benzene rings is 1. The minimum Gasteiger partial charge on any atom is -0.229 e. The van der Waals surface area contributed by atoms with Crippen molar-refractivity contribution in [2.45, 2.75) is 9.50 Å². The first-order valence-corrected chi connectivity index (χ1v) is 6.22. The predicted octanol–water partition coefficient (Wildman–Crippen LogP) is 1.97. The Labute approximate surface area is 99.5 Å². The molecular formula is C9H7N5S2. The summed E-state index contributed by atoms with van der Waals surface area (Å²) in [6.45, 7) is 0. The minimum atomic E-state index is 0.626. The van der Waals surface area contributed by atoms with E-state index in [4.69, 9.17) is 0 Å². The molecule has 2 aromatic heterocycles. The lowest BCUT2D eigenvalue weighted by Gasteiger charge is -1.85. The summed E-state index contributed by atoms with van der Waals surface area (Å²) in [4.78, 5) is 5.92. The molecule has 1 aromatic carbocycles. The molecule has 0 aliphatic rings. The summed E-state index contributed by atoms with van der Waals surface area (Å²) in [7, 11) is 1.75. The zero-order valence-electron chi connectivity index (χ0n) is 8.36. The third-order valence-corrected chi connectivity index (χ3v) is 3.89. The molecule has 0 atom stereocenters. The van der Waals surface area contributed by atoms with Crippen molar-refractivity contribution >= 4 is 33.3 Å². The van der Waals surface area contributed by atoms with E-state index in [-0.39, 0.29) is 0 Å². The smallest absolute Gasteiger partial charge is 0.229 e. The molecule has 80 valence electrons. The van der Waals surface area contributed by atoms with Crippen molar-refractivity contribution in [2.24, 2.45) is 7.05 Å². The van der Waals surface area contributed by atoms with Gasteiger partial charge >= 0.3 is 0 Å². The lowest BCUT2D eigenvalue weighted by atomic mass is 10.3. The van der Waals surface area contributed by atoms with Crippen molar-refractivity contribution in [3.8, 4) is 0 Å². The molecule has 0 amide bonds. The van der Waals surface area contributed by atoms with Gasteiger partial charge in [-0.3, -0.25) is 0 Å². The van der Waals surface area contributed by atoms with E-state index in [1.807, 2.05) is 18.2 Å². The molecule has 0 bridgehead atoms. The fourth-order valence-electron chi connectivity index (χ4n) is 1.28. The van der Waals surface area contributed by atoms with Crippen molar-refractivity contribution in [3.05, 3.63) is 24.3 Å². The summed E-state index contributed by atoms with van der Waals surface area (Å²) >= 11 is 3.07. The molecule has 0 saturated heterocycles. The van der Waals surface area contributed by atoms with Crippen LogP contribution in [0.1, 0.15) is 0 Å². The Morgan fingerprint density at radius 2 is 2.19 bits per heavy atom. The molecule has 0 spiro atoms. The van der Waals surface area contributed by atoms with Gasteiger partial charge in [-0.1, -0.05) is 12.1 Å². The number of aryl methyl sites for hydroxylation is 1. The second-order valence-corrected chi connectivity index (χ2v) is 5.36. The van der Waals surface area contributed by atoms with Crippen LogP contribution in [0.4, 0.5) is 0 Å². The summed E-state index contributed by atoms with van der Waals surface area (Å²) < 4.78 is 2.11. The number of para-hydroxylation sites is 1. The van der Waals surface area contributed by atoms with Gasteiger partial charge in [0.1, 0.15) is 0 Å². The van der Waals surface area contributed by atoms with E-state index in [9.17, 15) is 0 Å². The first-order valence-electron chi connectivity index (χ1n) is 4.59. The lowest BCUT2D eigenvalue weighted by molar-refractivity contribution is 0.626. The van der Waals surface area contributed by atoms with Crippen LogP contribution in [0.3, 0.4) is 0 Å². The van der Waals surface area contributed by atoms with Crippen molar-refractivity contribution in [3.63, 3.8) is 0 Å². The van der Waals surface area contributed by atoms with Crippen LogP contribution in [0.5, 0.6) is 0 Å². The molecule has 0 aliphatic carbocycles. The molecule has 2 heterocycles. The molecule has 0 aliphatic heterocycles. The van der Waals surface area contributed by atoms with E-state index in [0.29, 0.717) is 5.16 Å². The molecule has 5 nitrogen and oxygen atoms in total. The number of nitrogens with zero attached hydrogens (tertiary/aromatic N) is 5. The minimum absolute atomic E-state index is 0.626. The van der Waals surface area contributed by atoms with E-state index in [1.54, 1.807) is 18.4 Å². The number of hydrogen-bond acceptors (Lipinski definition) is 6. The van der Waals surface area contributed by atoms with Gasteiger partial charge in [0.15, 0.2) is 4.34 Å². The van der Waals surface area contributed by atoms with Gasteiger partial charge < -0.3 is 0 Å². The van der Waals surface area contributed by atoms with Gasteiger partial charge in [0, 0.05) is 0 Å². The van der Waals surface area contributed by atoms with E-state index in [1.165, 1.54) is 21.3 Å². The van der Waals surface area contributed by atoms with Gasteiger partial charge in [0.25, 0.3) is 0 Å². The third-order valence-electron chi connectivity index (χ3n) is 1.94. The standard InChI is InChI=1S/C9H7N5S2/c1-14-12-8(11-13-14)16-9-10-6-4-2-3-5-7(6)15-9/h2-5H,1H3. The topological polar surface area (TPSA) is 56.5 Å². The summed E-state index contributed by atoms with van der Waals surface area (Å²) in [5.41, 5.74) is 1.01. The molecule has 16 heavy (non-hydrogen) atoms. The first kappa shape index (κ1) is 9.73. The van der Waals surface area contributed by atoms with E-state index < -0.39 is 0 Å². The number of tetrazole rings is 1. The van der Waals surface area contributed by atoms with E-state index in [0.717, 1.165) is 9.86 Å². The quantitative estimate of drug-likeness (QED) is 0.695. The molecule has 0 fully saturated rings. The molecular weight excluding hydrogens is 242 g/mol. The zero-order chi connectivity index (χ0) is 11.0. The van der Waals surface area contributed by atoms with Gasteiger partial charge in [0.2, 0.25) is 5.16 Å². The number of aromatic nitrogens is 5. The Kier molecular flexibility index (Phi) is 2.33. The van der Waals surface area contributed by atoms with Gasteiger partial charge in [-0.2, -0.15) is 4.80 Å². The van der Waals surface area contributed by atoms with Crippen LogP contribution in [-0.4, -0.2) is 25.2 Å². The highest BCUT2D eigenvalue weighted by molar-refractivity contribution is 8.01. The Balaban J connectivity index is 1.95. The maximum absolute atomic E-state index is 4.48. The van der Waals surface area contributed by atoms with E-state index >= 15 is 0 Å². The van der Waals surface area contributed by atoms with Gasteiger partial charge in [0.05, 0.1) is 17.3 Å². The number of hydrogen-bond donors (Lipinski definition) is 0. The van der Waals surface area contributed by atoms with Crippen LogP contribution >= 0.6 is 23.1 Å². The Morgan fingerprint density at radius 1 is 1.31 bits per heavy atom. The zero-order valence-corrected chi connectivity index (χ0v) is 9.99. The average molecular weight is 249 g/mol. The number of rotatable bonds is 2. The van der Waals surface area contributed by atoms with Gasteiger partial charge in [-0.15, -0.1) is 21.5 Å². The highest BCUT2D eigenvalue weighted by Gasteiger charge is 2.08. The molecule has 0 radical (unpaired) electrons. The monoisotopic (exact) mass is 249 g/mol. The van der Waals surface area contributed by atoms with Crippen LogP contribution in [0.15, 0.2) is 33.8 Å². The first-order chi connectivity index (χ1) is 7.81. The van der Waals surface area contributed by atoms with Crippen LogP contribution in [0.2, 0.25) is 0 Å². The average Bonchev–Trinajstić information content (AvgIpc) is 2.84. The van der Waals surface area contributed by atoms with Crippen LogP contribution in [0.25, 0.3) is 10.2 Å². The molecule has 0 N–H and O–H groups in total. The number of thiazole rings is 1. The Morgan fingerprint density at radius 3 is 2.94 bits per heavy atom. The van der Waals surface area contributed by atoms with Crippen molar-refractivity contribution in [2.75, 3.05) is 0 Å². The van der Waals surface area contributed by atoms with E-state index in [2.05, 4.69) is 26.5 Å². The molecule has 0 saturated carbocycles.